The molecule has 2 aliphatic rings. The Morgan fingerprint density at radius 1 is 0.317 bits per heavy atom. The molecule has 2 aliphatic heterocycles. The number of ether oxygens (including phenoxy) is 1. The Morgan fingerprint density at radius 2 is 0.492 bits per heavy atom. The molecule has 0 saturated carbocycles. The SMILES string of the molecule is O=C([O][Sb]([c]1ccccc1)([c]1ccccc1)([c]1ccccc1)[c]1ccccc1)[C@@H]1[C@H](C(=O)[O][Sb]([c]2ccccc2)([c]2ccccc2)([c]2ccccc2)[c]2ccccc2)[C@H]2CC[C@@H]1O2. The summed E-state index contributed by atoms with van der Waals surface area (Å²) < 4.78 is 29.8. The summed E-state index contributed by atoms with van der Waals surface area (Å²) in [6, 6.07) is 82.1. The van der Waals surface area contributed by atoms with Crippen molar-refractivity contribution >= 4 is 75.7 Å². The van der Waals surface area contributed by atoms with E-state index in [4.69, 9.17) is 10.8 Å². The Balaban J connectivity index is 1.20. The molecule has 0 radical (unpaired) electrons. The van der Waals surface area contributed by atoms with Crippen molar-refractivity contribution in [1.82, 2.24) is 0 Å². The van der Waals surface area contributed by atoms with Crippen LogP contribution in [0.3, 0.4) is 0 Å². The third-order valence-corrected chi connectivity index (χ3v) is 45.8. The first-order valence-electron chi connectivity index (χ1n) is 21.6. The molecule has 0 amide bonds. The molecule has 2 heterocycles. The summed E-state index contributed by atoms with van der Waals surface area (Å²) >= 11 is -11.5. The quantitative estimate of drug-likeness (QED) is 0.142. The third kappa shape index (κ3) is 6.22. The van der Waals surface area contributed by atoms with Gasteiger partial charge in [0.1, 0.15) is 0 Å². The van der Waals surface area contributed by atoms with Gasteiger partial charge < -0.3 is 0 Å². The van der Waals surface area contributed by atoms with Crippen molar-refractivity contribution in [2.24, 2.45) is 11.8 Å². The van der Waals surface area contributed by atoms with Gasteiger partial charge in [-0.1, -0.05) is 0 Å². The Labute approximate surface area is 372 Å². The summed E-state index contributed by atoms with van der Waals surface area (Å²) in [6.07, 6.45) is 0.212. The molecule has 8 aromatic rings. The van der Waals surface area contributed by atoms with Gasteiger partial charge in [-0.2, -0.15) is 0 Å². The van der Waals surface area contributed by atoms with Gasteiger partial charge in [-0.25, -0.2) is 0 Å². The predicted octanol–water partition coefficient (Wildman–Crippen LogP) is 5.92. The van der Waals surface area contributed by atoms with E-state index in [2.05, 4.69) is 97.1 Å². The average Bonchev–Trinajstić information content (AvgIpc) is 4.00. The van der Waals surface area contributed by atoms with Crippen LogP contribution in [0.1, 0.15) is 12.8 Å². The van der Waals surface area contributed by atoms with Crippen LogP contribution >= 0.6 is 0 Å². The second-order valence-electron chi connectivity index (χ2n) is 16.4. The fourth-order valence-electron chi connectivity index (χ4n) is 10.7. The number of hydrogen-bond acceptors (Lipinski definition) is 5. The summed E-state index contributed by atoms with van der Waals surface area (Å²) in [5, 5.41) is 0. The summed E-state index contributed by atoms with van der Waals surface area (Å²) in [4.78, 5) is 32.3. The molecular weight excluding hydrogens is 996 g/mol. The van der Waals surface area contributed by atoms with Gasteiger partial charge in [0.15, 0.2) is 0 Å². The Kier molecular flexibility index (Phi) is 11.0. The van der Waals surface area contributed by atoms with Crippen molar-refractivity contribution in [2.45, 2.75) is 25.0 Å². The van der Waals surface area contributed by atoms with Crippen LogP contribution in [0.5, 0.6) is 0 Å². The van der Waals surface area contributed by atoms with Crippen molar-refractivity contribution in [3.8, 4) is 0 Å². The van der Waals surface area contributed by atoms with E-state index < -0.39 is 71.6 Å². The second kappa shape index (κ2) is 16.8. The van der Waals surface area contributed by atoms with E-state index >= 15 is 9.59 Å². The minimum atomic E-state index is -5.73. The van der Waals surface area contributed by atoms with Crippen LogP contribution < -0.4 is 28.1 Å². The van der Waals surface area contributed by atoms with E-state index in [1.807, 2.05) is 146 Å². The number of fused-ring (bicyclic) bond motifs is 2. The van der Waals surface area contributed by atoms with Crippen molar-refractivity contribution in [3.05, 3.63) is 243 Å². The van der Waals surface area contributed by atoms with Crippen LogP contribution in [0.15, 0.2) is 243 Å². The van der Waals surface area contributed by atoms with Crippen LogP contribution in [-0.2, 0) is 20.4 Å². The number of hydrogen-bond donors (Lipinski definition) is 0. The maximum absolute atomic E-state index is 16.1. The van der Waals surface area contributed by atoms with Gasteiger partial charge >= 0.3 is 376 Å². The molecule has 4 atom stereocenters. The third-order valence-electron chi connectivity index (χ3n) is 13.4. The fourth-order valence-corrected chi connectivity index (χ4v) is 43.0. The predicted molar refractivity (Wildman–Crippen MR) is 257 cm³/mol. The average molecular weight is 1040 g/mol. The van der Waals surface area contributed by atoms with Crippen LogP contribution in [-0.4, -0.2) is 59.8 Å². The molecular formula is C56H48O5Sb2. The molecule has 8 aromatic carbocycles. The van der Waals surface area contributed by atoms with E-state index in [0.29, 0.717) is 12.8 Å². The molecule has 0 unspecified atom stereocenters. The minimum absolute atomic E-state index is 0.445. The fraction of sp³-hybridized carbons (Fsp3) is 0.107. The maximum atomic E-state index is 16.1. The first-order valence-corrected chi connectivity index (χ1v) is 33.9. The normalized spacial score (nSPS) is 19.4. The van der Waals surface area contributed by atoms with Crippen molar-refractivity contribution < 1.29 is 20.4 Å². The number of carbonyl (C=O) groups is 2. The van der Waals surface area contributed by atoms with Gasteiger partial charge in [0.2, 0.25) is 0 Å². The summed E-state index contributed by atoms with van der Waals surface area (Å²) in [6.45, 7) is 0. The Bertz CT molecular complexity index is 2300. The number of benzene rings is 8. The van der Waals surface area contributed by atoms with Gasteiger partial charge in [0.05, 0.1) is 0 Å². The molecule has 0 N–H and O–H groups in total. The monoisotopic (exact) mass is 1040 g/mol. The molecule has 7 heteroatoms. The molecule has 2 fully saturated rings. The van der Waals surface area contributed by atoms with E-state index in [1.54, 1.807) is 0 Å². The zero-order valence-electron chi connectivity index (χ0n) is 34.8. The molecule has 0 aliphatic carbocycles. The van der Waals surface area contributed by atoms with E-state index in [0.717, 1.165) is 28.1 Å². The molecule has 0 aromatic heterocycles. The second-order valence-corrected chi connectivity index (χ2v) is 41.1. The van der Waals surface area contributed by atoms with E-state index in [1.165, 1.54) is 0 Å². The Hall–Kier alpha value is -5.70. The zero-order valence-corrected chi connectivity index (χ0v) is 39.9. The Morgan fingerprint density at radius 3 is 0.667 bits per heavy atom. The van der Waals surface area contributed by atoms with Crippen molar-refractivity contribution in [2.75, 3.05) is 0 Å². The number of rotatable bonds is 12. The van der Waals surface area contributed by atoms with Crippen LogP contribution in [0.4, 0.5) is 0 Å². The van der Waals surface area contributed by atoms with E-state index in [-0.39, 0.29) is 0 Å². The van der Waals surface area contributed by atoms with Gasteiger partial charge in [-0.15, -0.1) is 0 Å². The van der Waals surface area contributed by atoms with Gasteiger partial charge in [-0.3, -0.25) is 0 Å². The zero-order chi connectivity index (χ0) is 42.8. The molecule has 10 rings (SSSR count). The van der Waals surface area contributed by atoms with Crippen LogP contribution in [0.2, 0.25) is 0 Å². The first-order chi connectivity index (χ1) is 31.0. The summed E-state index contributed by atoms with van der Waals surface area (Å²) in [5.74, 6) is -2.75. The molecule has 63 heavy (non-hydrogen) atoms. The summed E-state index contributed by atoms with van der Waals surface area (Å²) in [7, 11) is 0. The molecule has 2 bridgehead atoms. The van der Waals surface area contributed by atoms with E-state index in [9.17, 15) is 0 Å². The van der Waals surface area contributed by atoms with Crippen LogP contribution in [0.25, 0.3) is 0 Å². The standard InChI is InChI=1S/C8H10O5.8C6H5.2Sb/c9-7(10)5-3-1-2-4(13-3)6(5)8(11)12;8*1-2-4-6-5-3-1;;/h3-6H,1-2H2,(H,9,10)(H,11,12);8*1-5H;;/q;;;;;;;;;2*+1/p-2/t3-,4+,5-,6+;;;;;;;;;;. The molecule has 312 valence electrons. The van der Waals surface area contributed by atoms with Gasteiger partial charge in [0.25, 0.3) is 0 Å². The summed E-state index contributed by atoms with van der Waals surface area (Å²) in [5.41, 5.74) is 0. The molecule has 5 nitrogen and oxygen atoms in total. The molecule has 0 spiro atoms. The van der Waals surface area contributed by atoms with Gasteiger partial charge in [0, 0.05) is 0 Å². The molecule has 2 saturated heterocycles. The van der Waals surface area contributed by atoms with Gasteiger partial charge in [-0.05, 0) is 0 Å². The number of carbonyl (C=O) groups excluding carboxylic acids is 2. The first kappa shape index (κ1) is 41.3. The topological polar surface area (TPSA) is 61.8 Å². The van der Waals surface area contributed by atoms with Crippen LogP contribution in [0, 0.1) is 11.8 Å². The van der Waals surface area contributed by atoms with Crippen molar-refractivity contribution in [1.29, 1.82) is 0 Å². The van der Waals surface area contributed by atoms with Crippen molar-refractivity contribution in [3.63, 3.8) is 0 Å².